The summed E-state index contributed by atoms with van der Waals surface area (Å²) >= 11 is 3.18. The van der Waals surface area contributed by atoms with Crippen molar-refractivity contribution in [2.75, 3.05) is 0 Å². The predicted molar refractivity (Wildman–Crippen MR) is 60.5 cm³/mol. The first-order valence-electron chi connectivity index (χ1n) is 4.15. The van der Waals surface area contributed by atoms with Crippen LogP contribution in [0.15, 0.2) is 34.3 Å². The minimum atomic E-state index is -1.56. The SMILES string of the molecule is NC(=C(C(=O)O)C(=O)O)c1cccc(Br)c1. The Balaban J connectivity index is 3.35. The highest BCUT2D eigenvalue weighted by Crippen LogP contribution is 2.18. The number of carboxylic acid groups (broad SMARTS) is 2. The van der Waals surface area contributed by atoms with Gasteiger partial charge in [0.15, 0.2) is 5.57 Å². The molecule has 0 radical (unpaired) electrons. The normalized spacial score (nSPS) is 9.56. The van der Waals surface area contributed by atoms with Gasteiger partial charge in [-0.25, -0.2) is 9.59 Å². The van der Waals surface area contributed by atoms with E-state index >= 15 is 0 Å². The van der Waals surface area contributed by atoms with Crippen LogP contribution in [0, 0.1) is 0 Å². The Morgan fingerprint density at radius 2 is 1.75 bits per heavy atom. The zero-order valence-electron chi connectivity index (χ0n) is 7.98. The molecule has 1 rings (SSSR count). The third kappa shape index (κ3) is 2.60. The predicted octanol–water partition coefficient (Wildman–Crippen LogP) is 1.29. The fourth-order valence-corrected chi connectivity index (χ4v) is 1.52. The number of carboxylic acids is 2. The van der Waals surface area contributed by atoms with E-state index < -0.39 is 17.5 Å². The molecule has 0 heterocycles. The molecule has 0 aliphatic heterocycles. The topological polar surface area (TPSA) is 101 Å². The molecule has 5 nitrogen and oxygen atoms in total. The molecule has 84 valence electrons. The fourth-order valence-electron chi connectivity index (χ4n) is 1.12. The van der Waals surface area contributed by atoms with Gasteiger partial charge in [-0.15, -0.1) is 0 Å². The summed E-state index contributed by atoms with van der Waals surface area (Å²) in [5.41, 5.74) is 4.74. The average molecular weight is 286 g/mol. The van der Waals surface area contributed by atoms with Crippen molar-refractivity contribution in [3.8, 4) is 0 Å². The lowest BCUT2D eigenvalue weighted by molar-refractivity contribution is -0.140. The summed E-state index contributed by atoms with van der Waals surface area (Å²) in [7, 11) is 0. The smallest absolute Gasteiger partial charge is 0.345 e. The van der Waals surface area contributed by atoms with E-state index in [1.54, 1.807) is 18.2 Å². The van der Waals surface area contributed by atoms with Crippen molar-refractivity contribution < 1.29 is 19.8 Å². The number of carbonyl (C=O) groups is 2. The standard InChI is InChI=1S/C10H8BrNO4/c11-6-3-1-2-5(4-6)8(12)7(9(13)14)10(15)16/h1-4H,12H2,(H,13,14)(H,15,16). The summed E-state index contributed by atoms with van der Waals surface area (Å²) in [6.45, 7) is 0. The van der Waals surface area contributed by atoms with E-state index in [-0.39, 0.29) is 5.70 Å². The highest BCUT2D eigenvalue weighted by Gasteiger charge is 2.21. The maximum absolute atomic E-state index is 10.7. The molecule has 4 N–H and O–H groups in total. The van der Waals surface area contributed by atoms with E-state index in [0.29, 0.717) is 10.0 Å². The summed E-state index contributed by atoms with van der Waals surface area (Å²) < 4.78 is 0.683. The van der Waals surface area contributed by atoms with Crippen molar-refractivity contribution in [3.63, 3.8) is 0 Å². The van der Waals surface area contributed by atoms with Gasteiger partial charge in [0.25, 0.3) is 0 Å². The second-order valence-corrected chi connectivity index (χ2v) is 3.83. The molecule has 0 bridgehead atoms. The summed E-state index contributed by atoms with van der Waals surface area (Å²) in [5.74, 6) is -3.13. The zero-order valence-corrected chi connectivity index (χ0v) is 9.56. The molecule has 0 saturated carbocycles. The second-order valence-electron chi connectivity index (χ2n) is 2.91. The second kappa shape index (κ2) is 4.80. The molecule has 0 saturated heterocycles. The van der Waals surface area contributed by atoms with E-state index in [1.165, 1.54) is 6.07 Å². The van der Waals surface area contributed by atoms with Crippen LogP contribution in [0.25, 0.3) is 5.70 Å². The molecule has 0 spiro atoms. The lowest BCUT2D eigenvalue weighted by Crippen LogP contribution is -2.17. The number of nitrogens with two attached hydrogens (primary N) is 1. The number of hydrogen-bond acceptors (Lipinski definition) is 3. The first kappa shape index (κ1) is 12.3. The number of benzene rings is 1. The van der Waals surface area contributed by atoms with Crippen LogP contribution in [-0.4, -0.2) is 22.2 Å². The van der Waals surface area contributed by atoms with Crippen LogP contribution >= 0.6 is 15.9 Å². The molecule has 16 heavy (non-hydrogen) atoms. The Morgan fingerprint density at radius 1 is 1.19 bits per heavy atom. The summed E-state index contributed by atoms with van der Waals surface area (Å²) in [5, 5.41) is 17.4. The van der Waals surface area contributed by atoms with Gasteiger partial charge in [0, 0.05) is 4.47 Å². The van der Waals surface area contributed by atoms with Crippen LogP contribution in [-0.2, 0) is 9.59 Å². The lowest BCUT2D eigenvalue weighted by Gasteiger charge is -2.05. The monoisotopic (exact) mass is 285 g/mol. The minimum absolute atomic E-state index is 0.277. The Labute approximate surface area is 99.3 Å². The molecule has 6 heteroatoms. The van der Waals surface area contributed by atoms with Crippen LogP contribution in [0.1, 0.15) is 5.56 Å². The highest BCUT2D eigenvalue weighted by atomic mass is 79.9. The number of hydrogen-bond donors (Lipinski definition) is 3. The maximum Gasteiger partial charge on any atom is 0.345 e. The van der Waals surface area contributed by atoms with Crippen molar-refractivity contribution in [1.29, 1.82) is 0 Å². The first-order valence-corrected chi connectivity index (χ1v) is 4.95. The van der Waals surface area contributed by atoms with E-state index in [9.17, 15) is 9.59 Å². The van der Waals surface area contributed by atoms with E-state index in [1.807, 2.05) is 0 Å². The molecule has 0 fully saturated rings. The van der Waals surface area contributed by atoms with Gasteiger partial charge in [-0.2, -0.15) is 0 Å². The van der Waals surface area contributed by atoms with Gasteiger partial charge in [0.05, 0.1) is 5.70 Å². The Hall–Kier alpha value is -1.82. The van der Waals surface area contributed by atoms with Gasteiger partial charge in [-0.1, -0.05) is 28.1 Å². The van der Waals surface area contributed by atoms with Crippen LogP contribution in [0.4, 0.5) is 0 Å². The summed E-state index contributed by atoms with van der Waals surface area (Å²) in [6.07, 6.45) is 0. The van der Waals surface area contributed by atoms with Crippen molar-refractivity contribution >= 4 is 33.6 Å². The Morgan fingerprint density at radius 3 is 2.19 bits per heavy atom. The zero-order chi connectivity index (χ0) is 12.3. The fraction of sp³-hybridized carbons (Fsp3) is 0. The van der Waals surface area contributed by atoms with Gasteiger partial charge < -0.3 is 15.9 Å². The van der Waals surface area contributed by atoms with Gasteiger partial charge >= 0.3 is 11.9 Å². The van der Waals surface area contributed by atoms with E-state index in [0.717, 1.165) is 0 Å². The van der Waals surface area contributed by atoms with Crippen LogP contribution in [0.2, 0.25) is 0 Å². The third-order valence-electron chi connectivity index (χ3n) is 1.83. The van der Waals surface area contributed by atoms with Crippen molar-refractivity contribution in [3.05, 3.63) is 39.9 Å². The molecule has 0 unspecified atom stereocenters. The quantitative estimate of drug-likeness (QED) is 0.441. The van der Waals surface area contributed by atoms with Gasteiger partial charge in [-0.05, 0) is 17.7 Å². The van der Waals surface area contributed by atoms with Crippen LogP contribution in [0.3, 0.4) is 0 Å². The minimum Gasteiger partial charge on any atom is -0.477 e. The lowest BCUT2D eigenvalue weighted by atomic mass is 10.1. The summed E-state index contributed by atoms with van der Waals surface area (Å²) in [4.78, 5) is 21.4. The molecule has 0 atom stereocenters. The Bertz CT molecular complexity index is 465. The molecule has 0 amide bonds. The molecular weight excluding hydrogens is 278 g/mol. The molecule has 1 aromatic carbocycles. The van der Waals surface area contributed by atoms with Crippen molar-refractivity contribution in [1.82, 2.24) is 0 Å². The highest BCUT2D eigenvalue weighted by molar-refractivity contribution is 9.10. The average Bonchev–Trinajstić information content (AvgIpc) is 2.16. The number of rotatable bonds is 3. The third-order valence-corrected chi connectivity index (χ3v) is 2.33. The van der Waals surface area contributed by atoms with Gasteiger partial charge in [0.1, 0.15) is 0 Å². The Kier molecular flexibility index (Phi) is 3.68. The van der Waals surface area contributed by atoms with Crippen LogP contribution < -0.4 is 5.73 Å². The van der Waals surface area contributed by atoms with Crippen molar-refractivity contribution in [2.45, 2.75) is 0 Å². The number of halogens is 1. The summed E-state index contributed by atoms with van der Waals surface area (Å²) in [6, 6.07) is 6.43. The molecule has 0 aliphatic rings. The van der Waals surface area contributed by atoms with Gasteiger partial charge in [-0.3, -0.25) is 0 Å². The van der Waals surface area contributed by atoms with Gasteiger partial charge in [0.2, 0.25) is 0 Å². The first-order chi connectivity index (χ1) is 7.43. The number of aliphatic carboxylic acids is 2. The largest absolute Gasteiger partial charge is 0.477 e. The maximum atomic E-state index is 10.7. The van der Waals surface area contributed by atoms with Crippen molar-refractivity contribution in [2.24, 2.45) is 5.73 Å². The molecule has 1 aromatic rings. The van der Waals surface area contributed by atoms with Crippen LogP contribution in [0.5, 0.6) is 0 Å². The van der Waals surface area contributed by atoms with E-state index in [2.05, 4.69) is 15.9 Å². The molecule has 0 aromatic heterocycles. The molecular formula is C10H8BrNO4. The van der Waals surface area contributed by atoms with E-state index in [4.69, 9.17) is 15.9 Å². The molecule has 0 aliphatic carbocycles.